The van der Waals surface area contributed by atoms with E-state index in [0.29, 0.717) is 28.6 Å². The van der Waals surface area contributed by atoms with Crippen molar-refractivity contribution in [1.29, 1.82) is 0 Å². The Morgan fingerprint density at radius 3 is 1.06 bits per heavy atom. The molecule has 15 heteroatoms. The van der Waals surface area contributed by atoms with Gasteiger partial charge in [0, 0.05) is 159 Å². The van der Waals surface area contributed by atoms with E-state index in [1.54, 1.807) is 0 Å². The number of nitrogens with zero attached hydrogens (tertiary/aromatic N) is 10. The molecule has 0 amide bonds. The van der Waals surface area contributed by atoms with Crippen LogP contribution in [0.2, 0.25) is 0 Å². The smallest absolute Gasteiger partial charge is 0.231 e. The molecule has 0 bridgehead atoms. The summed E-state index contributed by atoms with van der Waals surface area (Å²) in [4.78, 5) is 30.8. The van der Waals surface area contributed by atoms with Gasteiger partial charge in [0.1, 0.15) is 34.6 Å². The van der Waals surface area contributed by atoms with Gasteiger partial charge in [-0.05, 0) is 178 Å². The Balaban J connectivity index is 0.000000158. The minimum absolute atomic E-state index is 0.195. The van der Waals surface area contributed by atoms with E-state index in [4.69, 9.17) is 19.4 Å². The highest BCUT2D eigenvalue weighted by Crippen LogP contribution is 2.44. The fourth-order valence-corrected chi connectivity index (χ4v) is 11.9. The average Bonchev–Trinajstić information content (AvgIpc) is 1.63. The number of hydrogen-bond donors (Lipinski definition) is 4. The molecule has 0 aliphatic rings. The maximum atomic E-state index is 10.9. The number of oxazole rings is 1. The highest BCUT2D eigenvalue weighted by atomic mass is 16.4. The van der Waals surface area contributed by atoms with Gasteiger partial charge in [-0.2, -0.15) is 0 Å². The summed E-state index contributed by atoms with van der Waals surface area (Å²) in [5, 5.41) is 32.3. The molecule has 0 aliphatic carbocycles. The molecule has 0 radical (unpaired) electrons. The van der Waals surface area contributed by atoms with Gasteiger partial charge >= 0.3 is 0 Å². The van der Waals surface area contributed by atoms with Crippen LogP contribution < -0.4 is 29.4 Å². The number of phenolic OH excluding ortho intramolecular Hbond substituents is 3. The fraction of sp³-hybridized carbons (Fsp3) is 0.232. The van der Waals surface area contributed by atoms with Crippen LogP contribution in [0.4, 0.5) is 34.1 Å². The van der Waals surface area contributed by atoms with Gasteiger partial charge in [0.2, 0.25) is 5.89 Å². The quantitative estimate of drug-likeness (QED) is 0.0771. The Bertz CT molecular complexity index is 4370. The van der Waals surface area contributed by atoms with Crippen LogP contribution in [-0.2, 0) is 7.05 Å². The van der Waals surface area contributed by atoms with Crippen LogP contribution in [0, 0.1) is 41.5 Å². The number of rotatable bonds is 15. The maximum absolute atomic E-state index is 10.9. The van der Waals surface area contributed by atoms with E-state index < -0.39 is 0 Å². The Morgan fingerprint density at radius 2 is 0.660 bits per heavy atom. The van der Waals surface area contributed by atoms with Crippen molar-refractivity contribution in [2.75, 3.05) is 114 Å². The summed E-state index contributed by atoms with van der Waals surface area (Å²) in [6, 6.07) is 62.0. The normalized spacial score (nSPS) is 11.0. The standard InChI is InChI=1S/C28H32N4O.C27H30N4O.C27H29N3O2/c1-18-16-19(2)27(33)24(17-18)28-29-25(20-8-12-22(13-9-20)30(3)4)26(32(28)7)21-10-14-23(15-11-21)31(5)6;1-17-15-18(2)26(32)23(16-17)27-28-24(19-7-11-21(12-8-19)30(3)4)25(29-27)20-9-13-22(14-10-20)31(5)6;1-17-15-18(2)25(31)23(16-17)27-28-24(19-7-11-21(12-8-19)29(3)4)26(32-27)20-9-13-22(14-10-20)30(5)6/h8-17,33H,1-7H3;7-16,32H,1-6H3,(H,28,29);7-16,31H,1-6H3. The second kappa shape index (κ2) is 28.8. The number of aromatic amines is 1. The van der Waals surface area contributed by atoms with E-state index in [-0.39, 0.29) is 17.2 Å². The zero-order valence-electron chi connectivity index (χ0n) is 59.5. The minimum Gasteiger partial charge on any atom is -0.507 e. The molecule has 0 saturated carbocycles. The summed E-state index contributed by atoms with van der Waals surface area (Å²) < 4.78 is 8.41. The molecule has 12 aromatic rings. The maximum Gasteiger partial charge on any atom is 0.231 e. The third kappa shape index (κ3) is 15.0. The number of benzene rings is 9. The van der Waals surface area contributed by atoms with E-state index >= 15 is 0 Å². The van der Waals surface area contributed by atoms with Gasteiger partial charge in [-0.1, -0.05) is 78.9 Å². The minimum atomic E-state index is 0.195. The van der Waals surface area contributed by atoms with Gasteiger partial charge in [-0.3, -0.25) is 0 Å². The van der Waals surface area contributed by atoms with Gasteiger partial charge in [-0.25, -0.2) is 15.0 Å². The number of H-pyrrole nitrogens is 1. The molecule has 97 heavy (non-hydrogen) atoms. The topological polar surface area (TPSA) is 153 Å². The number of aromatic nitrogens is 5. The number of imidazole rings is 2. The molecular formula is C82H91N11O4. The third-order valence-electron chi connectivity index (χ3n) is 17.4. The van der Waals surface area contributed by atoms with Crippen molar-refractivity contribution in [1.82, 2.24) is 24.5 Å². The van der Waals surface area contributed by atoms with Gasteiger partial charge in [0.25, 0.3) is 0 Å². The van der Waals surface area contributed by atoms with Crippen LogP contribution in [-0.4, -0.2) is 124 Å². The molecule has 4 N–H and O–H groups in total. The molecule has 12 rings (SSSR count). The van der Waals surface area contributed by atoms with Gasteiger partial charge < -0.3 is 58.7 Å². The second-order valence-electron chi connectivity index (χ2n) is 26.3. The molecule has 0 saturated heterocycles. The van der Waals surface area contributed by atoms with Crippen LogP contribution in [0.3, 0.4) is 0 Å². The molecule has 3 aromatic heterocycles. The highest BCUT2D eigenvalue weighted by Gasteiger charge is 2.25. The largest absolute Gasteiger partial charge is 0.507 e. The van der Waals surface area contributed by atoms with Crippen LogP contribution >= 0.6 is 0 Å². The lowest BCUT2D eigenvalue weighted by atomic mass is 10.0. The summed E-state index contributed by atoms with van der Waals surface area (Å²) in [5.41, 5.74) is 25.1. The molecule has 0 fully saturated rings. The first-order valence-corrected chi connectivity index (χ1v) is 32.4. The lowest BCUT2D eigenvalue weighted by Gasteiger charge is -2.15. The Kier molecular flexibility index (Phi) is 20.4. The first-order chi connectivity index (χ1) is 46.1. The summed E-state index contributed by atoms with van der Waals surface area (Å²) in [5.74, 6) is 3.23. The summed E-state index contributed by atoms with van der Waals surface area (Å²) in [6.07, 6.45) is 0. The van der Waals surface area contributed by atoms with Crippen molar-refractivity contribution >= 4 is 34.1 Å². The van der Waals surface area contributed by atoms with Crippen LogP contribution in [0.25, 0.3) is 102 Å². The predicted molar refractivity (Wildman–Crippen MR) is 407 cm³/mol. The van der Waals surface area contributed by atoms with E-state index in [0.717, 1.165) is 141 Å². The first kappa shape index (κ1) is 68.7. The fourth-order valence-electron chi connectivity index (χ4n) is 11.9. The number of anilines is 6. The summed E-state index contributed by atoms with van der Waals surface area (Å²) in [7, 11) is 26.4. The van der Waals surface area contributed by atoms with Crippen LogP contribution in [0.15, 0.2) is 186 Å². The van der Waals surface area contributed by atoms with E-state index in [1.807, 2.05) is 182 Å². The lowest BCUT2D eigenvalue weighted by molar-refractivity contribution is 0.469. The molecule has 498 valence electrons. The monoisotopic (exact) mass is 1290 g/mol. The van der Waals surface area contributed by atoms with Crippen LogP contribution in [0.1, 0.15) is 33.4 Å². The summed E-state index contributed by atoms with van der Waals surface area (Å²) in [6.45, 7) is 11.8. The Labute approximate surface area is 572 Å². The molecule has 0 atom stereocenters. The zero-order chi connectivity index (χ0) is 69.8. The second-order valence-corrected chi connectivity index (χ2v) is 26.3. The molecule has 0 aliphatic heterocycles. The van der Waals surface area contributed by atoms with Crippen molar-refractivity contribution in [3.63, 3.8) is 0 Å². The number of aryl methyl sites for hydroxylation is 6. The highest BCUT2D eigenvalue weighted by molar-refractivity contribution is 5.87. The van der Waals surface area contributed by atoms with Gasteiger partial charge in [-0.15, -0.1) is 0 Å². The molecule has 0 spiro atoms. The van der Waals surface area contributed by atoms with Crippen molar-refractivity contribution < 1.29 is 19.7 Å². The molecule has 9 aromatic carbocycles. The zero-order valence-corrected chi connectivity index (χ0v) is 59.5. The molecular weight excluding hydrogens is 1200 g/mol. The molecule has 15 nitrogen and oxygen atoms in total. The number of phenols is 3. The molecule has 3 heterocycles. The van der Waals surface area contributed by atoms with Crippen LogP contribution in [0.5, 0.6) is 17.2 Å². The Hall–Kier alpha value is -11.2. The summed E-state index contributed by atoms with van der Waals surface area (Å²) >= 11 is 0. The van der Waals surface area contributed by atoms with Gasteiger partial charge in [0.05, 0.1) is 39.5 Å². The van der Waals surface area contributed by atoms with Crippen molar-refractivity contribution in [2.45, 2.75) is 41.5 Å². The number of aromatic hydroxyl groups is 3. The van der Waals surface area contributed by atoms with Crippen molar-refractivity contribution in [3.8, 4) is 119 Å². The third-order valence-corrected chi connectivity index (χ3v) is 17.4. The van der Waals surface area contributed by atoms with E-state index in [2.05, 4.69) is 172 Å². The van der Waals surface area contributed by atoms with E-state index in [1.165, 1.54) is 0 Å². The predicted octanol–water partition coefficient (Wildman–Crippen LogP) is 17.9. The number of nitrogens with one attached hydrogen (secondary N) is 1. The Morgan fingerprint density at radius 1 is 0.340 bits per heavy atom. The molecule has 0 unspecified atom stereocenters. The lowest BCUT2D eigenvalue weighted by Crippen LogP contribution is -2.08. The van der Waals surface area contributed by atoms with Crippen molar-refractivity contribution in [3.05, 3.63) is 215 Å². The first-order valence-electron chi connectivity index (χ1n) is 32.4. The number of hydrogen-bond acceptors (Lipinski definition) is 13. The van der Waals surface area contributed by atoms with E-state index in [9.17, 15) is 15.3 Å². The SMILES string of the molecule is Cc1cc(C)c(O)c(-c2nc(-c3ccc(N(C)C)cc3)c(-c3ccc(N(C)C)cc3)[nH]2)c1.Cc1cc(C)c(O)c(-c2nc(-c3ccc(N(C)C)cc3)c(-c3ccc(N(C)C)cc3)n2C)c1.Cc1cc(C)c(O)c(-c2nc(-c3ccc(N(C)C)cc3)c(-c3ccc(N(C)C)cc3)o2)c1. The average molecular weight is 1290 g/mol. The van der Waals surface area contributed by atoms with Crippen molar-refractivity contribution in [2.24, 2.45) is 7.05 Å². The van der Waals surface area contributed by atoms with Gasteiger partial charge in [0.15, 0.2) is 5.76 Å².